The van der Waals surface area contributed by atoms with E-state index >= 15 is 0 Å². The second kappa shape index (κ2) is 9.68. The fourth-order valence-electron chi connectivity index (χ4n) is 4.55. The molecule has 2 aliphatic rings. The molecule has 2 unspecified atom stereocenters. The minimum absolute atomic E-state index is 0.0366. The summed E-state index contributed by atoms with van der Waals surface area (Å²) in [5.74, 6) is -0.181. The molecule has 1 aromatic rings. The highest BCUT2D eigenvalue weighted by Gasteiger charge is 2.32. The Morgan fingerprint density at radius 2 is 1.81 bits per heavy atom. The van der Waals surface area contributed by atoms with Crippen LogP contribution in [-0.2, 0) is 4.74 Å². The zero-order valence-corrected chi connectivity index (χ0v) is 16.4. The summed E-state index contributed by atoms with van der Waals surface area (Å²) in [6, 6.07) is 3.32. The zero-order valence-electron chi connectivity index (χ0n) is 16.4. The average Bonchev–Trinajstić information content (AvgIpc) is 2.72. The molecule has 1 aliphatic carbocycles. The summed E-state index contributed by atoms with van der Waals surface area (Å²) in [6.45, 7) is 7.07. The Morgan fingerprint density at radius 1 is 1.07 bits per heavy atom. The van der Waals surface area contributed by atoms with Gasteiger partial charge in [-0.2, -0.15) is 4.39 Å². The van der Waals surface area contributed by atoms with Crippen molar-refractivity contribution in [1.29, 1.82) is 0 Å². The normalized spacial score (nSPS) is 28.7. The summed E-state index contributed by atoms with van der Waals surface area (Å²) < 4.78 is 40.2. The van der Waals surface area contributed by atoms with Crippen LogP contribution in [0.3, 0.4) is 0 Å². The van der Waals surface area contributed by atoms with E-state index in [0.29, 0.717) is 24.0 Å². The zero-order chi connectivity index (χ0) is 19.2. The van der Waals surface area contributed by atoms with E-state index in [1.807, 2.05) is 13.0 Å². The highest BCUT2D eigenvalue weighted by molar-refractivity contribution is 5.33. The van der Waals surface area contributed by atoms with Crippen LogP contribution >= 0.6 is 0 Å². The molecule has 2 nitrogen and oxygen atoms in total. The molecule has 0 N–H and O–H groups in total. The Bertz CT molecular complexity index is 615. The third kappa shape index (κ3) is 4.90. The SMILES string of the molecule is C=CC1CCC(C2CCC(c3ccc(OCCCC)c(F)c3F)CC2)CO1. The monoisotopic (exact) mass is 378 g/mol. The van der Waals surface area contributed by atoms with Gasteiger partial charge in [-0.3, -0.25) is 0 Å². The molecule has 1 aromatic carbocycles. The van der Waals surface area contributed by atoms with Gasteiger partial charge in [0.15, 0.2) is 11.6 Å². The topological polar surface area (TPSA) is 18.5 Å². The first-order chi connectivity index (χ1) is 13.1. The number of hydrogen-bond donors (Lipinski definition) is 0. The highest BCUT2D eigenvalue weighted by atomic mass is 19.2. The maximum atomic E-state index is 14.6. The van der Waals surface area contributed by atoms with Gasteiger partial charge >= 0.3 is 0 Å². The Labute approximate surface area is 161 Å². The van der Waals surface area contributed by atoms with E-state index in [-0.39, 0.29) is 17.8 Å². The van der Waals surface area contributed by atoms with Crippen molar-refractivity contribution >= 4 is 0 Å². The number of rotatable bonds is 7. The van der Waals surface area contributed by atoms with Crippen LogP contribution < -0.4 is 4.74 Å². The Kier molecular flexibility index (Phi) is 7.28. The van der Waals surface area contributed by atoms with Gasteiger partial charge in [-0.05, 0) is 74.3 Å². The molecule has 2 fully saturated rings. The number of hydrogen-bond acceptors (Lipinski definition) is 2. The minimum atomic E-state index is -0.832. The average molecular weight is 379 g/mol. The van der Waals surface area contributed by atoms with Crippen molar-refractivity contribution in [3.8, 4) is 5.75 Å². The molecule has 0 amide bonds. The van der Waals surface area contributed by atoms with E-state index in [1.54, 1.807) is 12.1 Å². The quantitative estimate of drug-likeness (QED) is 0.404. The molecule has 1 saturated heterocycles. The fourth-order valence-corrected chi connectivity index (χ4v) is 4.55. The molecule has 27 heavy (non-hydrogen) atoms. The van der Waals surface area contributed by atoms with Crippen molar-refractivity contribution in [2.75, 3.05) is 13.2 Å². The Hall–Kier alpha value is -1.42. The summed E-state index contributed by atoms with van der Waals surface area (Å²) in [6.07, 6.45) is 10.1. The lowest BCUT2D eigenvalue weighted by Crippen LogP contribution is -2.31. The van der Waals surface area contributed by atoms with Crippen LogP contribution in [0, 0.1) is 23.5 Å². The van der Waals surface area contributed by atoms with E-state index in [1.165, 1.54) is 6.42 Å². The maximum absolute atomic E-state index is 14.6. The predicted octanol–water partition coefficient (Wildman–Crippen LogP) is 6.40. The largest absolute Gasteiger partial charge is 0.490 e. The van der Waals surface area contributed by atoms with Gasteiger partial charge in [0.2, 0.25) is 5.82 Å². The number of unbranched alkanes of at least 4 members (excludes halogenated alkanes) is 1. The molecule has 1 saturated carbocycles. The van der Waals surface area contributed by atoms with E-state index in [4.69, 9.17) is 9.47 Å². The van der Waals surface area contributed by atoms with E-state index in [9.17, 15) is 8.78 Å². The van der Waals surface area contributed by atoms with Crippen LogP contribution in [0.1, 0.15) is 69.8 Å². The first-order valence-corrected chi connectivity index (χ1v) is 10.5. The molecule has 3 rings (SSSR count). The molecule has 0 aromatic heterocycles. The van der Waals surface area contributed by atoms with Crippen LogP contribution in [-0.4, -0.2) is 19.3 Å². The first kappa shape index (κ1) is 20.3. The third-order valence-corrected chi connectivity index (χ3v) is 6.32. The van der Waals surface area contributed by atoms with Gasteiger partial charge in [0.1, 0.15) is 0 Å². The molecule has 1 aliphatic heterocycles. The van der Waals surface area contributed by atoms with Crippen molar-refractivity contribution in [3.63, 3.8) is 0 Å². The molecule has 2 atom stereocenters. The van der Waals surface area contributed by atoms with Crippen LogP contribution in [0.25, 0.3) is 0 Å². The smallest absolute Gasteiger partial charge is 0.200 e. The standard InChI is InChI=1S/C23H32F2O2/c1-3-5-14-26-21-13-12-20(22(24)23(21)25)17-8-6-16(7-9-17)18-10-11-19(4-2)27-15-18/h4,12-13,16-19H,2-3,5-11,14-15H2,1H3. The van der Waals surface area contributed by atoms with Crippen LogP contribution in [0.15, 0.2) is 24.8 Å². The van der Waals surface area contributed by atoms with Gasteiger partial charge < -0.3 is 9.47 Å². The Morgan fingerprint density at radius 3 is 2.44 bits per heavy atom. The molecule has 0 bridgehead atoms. The van der Waals surface area contributed by atoms with Crippen LogP contribution in [0.5, 0.6) is 5.75 Å². The van der Waals surface area contributed by atoms with Crippen LogP contribution in [0.2, 0.25) is 0 Å². The first-order valence-electron chi connectivity index (χ1n) is 10.5. The minimum Gasteiger partial charge on any atom is -0.490 e. The molecular formula is C23H32F2O2. The summed E-state index contributed by atoms with van der Waals surface area (Å²) in [5.41, 5.74) is 0.514. The van der Waals surface area contributed by atoms with Gasteiger partial charge in [0.05, 0.1) is 19.3 Å². The molecule has 0 spiro atoms. The molecule has 150 valence electrons. The molecule has 4 heteroatoms. The lowest BCUT2D eigenvalue weighted by molar-refractivity contribution is -0.0148. The second-order valence-corrected chi connectivity index (χ2v) is 8.04. The highest BCUT2D eigenvalue weighted by Crippen LogP contribution is 2.42. The van der Waals surface area contributed by atoms with Crippen molar-refractivity contribution < 1.29 is 18.3 Å². The third-order valence-electron chi connectivity index (χ3n) is 6.32. The molecular weight excluding hydrogens is 346 g/mol. The van der Waals surface area contributed by atoms with Crippen molar-refractivity contribution in [1.82, 2.24) is 0 Å². The summed E-state index contributed by atoms with van der Waals surface area (Å²) in [5, 5.41) is 0. The van der Waals surface area contributed by atoms with Crippen molar-refractivity contribution in [2.45, 2.75) is 70.3 Å². The lowest BCUT2D eigenvalue weighted by Gasteiger charge is -2.37. The van der Waals surface area contributed by atoms with E-state index < -0.39 is 11.6 Å². The lowest BCUT2D eigenvalue weighted by atomic mass is 9.72. The second-order valence-electron chi connectivity index (χ2n) is 8.04. The van der Waals surface area contributed by atoms with Crippen molar-refractivity contribution in [2.24, 2.45) is 11.8 Å². The van der Waals surface area contributed by atoms with Crippen molar-refractivity contribution in [3.05, 3.63) is 42.0 Å². The fraction of sp³-hybridized carbons (Fsp3) is 0.652. The van der Waals surface area contributed by atoms with Gasteiger partial charge in [-0.15, -0.1) is 6.58 Å². The van der Waals surface area contributed by atoms with E-state index in [0.717, 1.165) is 51.6 Å². The van der Waals surface area contributed by atoms with Gasteiger partial charge in [-0.25, -0.2) is 4.39 Å². The summed E-state index contributed by atoms with van der Waals surface area (Å²) in [7, 11) is 0. The predicted molar refractivity (Wildman–Crippen MR) is 104 cm³/mol. The van der Waals surface area contributed by atoms with E-state index in [2.05, 4.69) is 6.58 Å². The summed E-state index contributed by atoms with van der Waals surface area (Å²) in [4.78, 5) is 0. The van der Waals surface area contributed by atoms with Gasteiger partial charge in [0.25, 0.3) is 0 Å². The van der Waals surface area contributed by atoms with Crippen LogP contribution in [0.4, 0.5) is 8.78 Å². The Balaban J connectivity index is 1.56. The summed E-state index contributed by atoms with van der Waals surface area (Å²) >= 11 is 0. The maximum Gasteiger partial charge on any atom is 0.200 e. The molecule has 1 heterocycles. The van der Waals surface area contributed by atoms with Gasteiger partial charge in [0, 0.05) is 0 Å². The molecule has 0 radical (unpaired) electrons. The number of ether oxygens (including phenoxy) is 2. The number of benzene rings is 1. The number of halogens is 2. The van der Waals surface area contributed by atoms with Gasteiger partial charge in [-0.1, -0.05) is 25.5 Å².